The predicted molar refractivity (Wildman–Crippen MR) is 62.2 cm³/mol. The van der Waals surface area contributed by atoms with Crippen LogP contribution in [0, 0.1) is 0 Å². The summed E-state index contributed by atoms with van der Waals surface area (Å²) in [6.45, 7) is 3.39. The van der Waals surface area contributed by atoms with Crippen molar-refractivity contribution >= 4 is 11.7 Å². The van der Waals surface area contributed by atoms with E-state index in [1.165, 1.54) is 0 Å². The van der Waals surface area contributed by atoms with E-state index in [9.17, 15) is 4.79 Å². The van der Waals surface area contributed by atoms with Gasteiger partial charge < -0.3 is 15.2 Å². The van der Waals surface area contributed by atoms with E-state index in [0.29, 0.717) is 24.5 Å². The Bertz CT molecular complexity index is 339. The van der Waals surface area contributed by atoms with Crippen LogP contribution >= 0.6 is 0 Å². The molecule has 0 amide bonds. The number of hydrogen-bond acceptors (Lipinski definition) is 4. The summed E-state index contributed by atoms with van der Waals surface area (Å²) in [7, 11) is 0. The Labute approximate surface area is 95.3 Å². The zero-order valence-electron chi connectivity index (χ0n) is 9.44. The van der Waals surface area contributed by atoms with E-state index in [1.54, 1.807) is 24.3 Å². The highest BCUT2D eigenvalue weighted by molar-refractivity contribution is 5.94. The Morgan fingerprint density at radius 2 is 2.00 bits per heavy atom. The Hall–Kier alpha value is -1.55. The highest BCUT2D eigenvalue weighted by Crippen LogP contribution is 2.11. The van der Waals surface area contributed by atoms with Crippen molar-refractivity contribution in [2.24, 2.45) is 0 Å². The molecule has 0 aliphatic rings. The van der Waals surface area contributed by atoms with E-state index in [2.05, 4.69) is 0 Å². The van der Waals surface area contributed by atoms with E-state index in [0.717, 1.165) is 6.42 Å². The highest BCUT2D eigenvalue weighted by atomic mass is 16.6. The van der Waals surface area contributed by atoms with Gasteiger partial charge in [0.05, 0.1) is 12.2 Å². The number of benzene rings is 1. The average molecular weight is 223 g/mol. The van der Waals surface area contributed by atoms with Gasteiger partial charge in [-0.15, -0.1) is 0 Å². The number of ether oxygens (including phenoxy) is 2. The fourth-order valence-electron chi connectivity index (χ4n) is 1.20. The fraction of sp³-hybridized carbons (Fsp3) is 0.417. The van der Waals surface area contributed by atoms with E-state index in [4.69, 9.17) is 15.2 Å². The van der Waals surface area contributed by atoms with Crippen molar-refractivity contribution in [3.8, 4) is 0 Å². The fourth-order valence-corrected chi connectivity index (χ4v) is 1.20. The predicted octanol–water partition coefficient (Wildman–Crippen LogP) is 1.85. The number of nitrogen functional groups attached to an aromatic ring is 1. The number of nitrogens with two attached hydrogens (primary N) is 1. The van der Waals surface area contributed by atoms with Crippen LogP contribution in [0.1, 0.15) is 23.7 Å². The molecule has 16 heavy (non-hydrogen) atoms. The topological polar surface area (TPSA) is 61.5 Å². The van der Waals surface area contributed by atoms with Gasteiger partial charge >= 0.3 is 5.97 Å². The third-order valence-electron chi connectivity index (χ3n) is 1.99. The molecule has 0 aliphatic heterocycles. The van der Waals surface area contributed by atoms with Crippen molar-refractivity contribution in [1.29, 1.82) is 0 Å². The van der Waals surface area contributed by atoms with Crippen molar-refractivity contribution in [1.82, 2.24) is 0 Å². The minimum atomic E-state index is -0.404. The van der Waals surface area contributed by atoms with Crippen molar-refractivity contribution in [3.63, 3.8) is 0 Å². The van der Waals surface area contributed by atoms with E-state index >= 15 is 0 Å². The number of carbonyl (C=O) groups excluding carboxylic acids is 1. The standard InChI is InChI=1S/C12H17NO3/c1-2-7-15-8-9-16-12(14)10-5-3-4-6-11(10)13/h3-6H,2,7-9,13H2,1H3. The molecule has 0 spiro atoms. The van der Waals surface area contributed by atoms with Crippen LogP contribution in [0.2, 0.25) is 0 Å². The molecule has 0 aromatic heterocycles. The van der Waals surface area contributed by atoms with Crippen molar-refractivity contribution in [2.45, 2.75) is 13.3 Å². The first-order chi connectivity index (χ1) is 7.75. The summed E-state index contributed by atoms with van der Waals surface area (Å²) in [5.74, 6) is -0.404. The molecule has 4 heteroatoms. The van der Waals surface area contributed by atoms with Gasteiger partial charge in [-0.05, 0) is 18.6 Å². The molecule has 0 aliphatic carbocycles. The largest absolute Gasteiger partial charge is 0.460 e. The quantitative estimate of drug-likeness (QED) is 0.454. The molecule has 1 aromatic carbocycles. The molecule has 0 heterocycles. The number of para-hydroxylation sites is 1. The lowest BCUT2D eigenvalue weighted by atomic mass is 10.2. The van der Waals surface area contributed by atoms with Gasteiger partial charge in [-0.25, -0.2) is 4.79 Å². The van der Waals surface area contributed by atoms with Crippen molar-refractivity contribution < 1.29 is 14.3 Å². The van der Waals surface area contributed by atoms with Crippen LogP contribution in [-0.4, -0.2) is 25.8 Å². The Balaban J connectivity index is 2.33. The molecule has 88 valence electrons. The molecule has 0 unspecified atom stereocenters. The van der Waals surface area contributed by atoms with Gasteiger partial charge in [-0.3, -0.25) is 0 Å². The molecule has 1 aromatic rings. The molecular formula is C12H17NO3. The molecular weight excluding hydrogens is 206 g/mol. The minimum Gasteiger partial charge on any atom is -0.460 e. The lowest BCUT2D eigenvalue weighted by Crippen LogP contribution is -2.12. The van der Waals surface area contributed by atoms with Gasteiger partial charge in [0.2, 0.25) is 0 Å². The first kappa shape index (κ1) is 12.5. The summed E-state index contributed by atoms with van der Waals surface area (Å²) in [5, 5.41) is 0. The Morgan fingerprint density at radius 3 is 2.69 bits per heavy atom. The summed E-state index contributed by atoms with van der Waals surface area (Å²) in [5.41, 5.74) is 6.47. The van der Waals surface area contributed by atoms with Gasteiger partial charge in [-0.1, -0.05) is 19.1 Å². The molecule has 0 saturated heterocycles. The number of hydrogen-bond donors (Lipinski definition) is 1. The summed E-state index contributed by atoms with van der Waals surface area (Å²) < 4.78 is 10.2. The molecule has 0 saturated carbocycles. The van der Waals surface area contributed by atoms with Crippen molar-refractivity contribution in [3.05, 3.63) is 29.8 Å². The van der Waals surface area contributed by atoms with E-state index < -0.39 is 5.97 Å². The first-order valence-electron chi connectivity index (χ1n) is 5.35. The maximum absolute atomic E-state index is 11.5. The molecule has 0 radical (unpaired) electrons. The first-order valence-corrected chi connectivity index (χ1v) is 5.35. The zero-order chi connectivity index (χ0) is 11.8. The van der Waals surface area contributed by atoms with Gasteiger partial charge in [0.15, 0.2) is 0 Å². The molecule has 0 fully saturated rings. The molecule has 2 N–H and O–H groups in total. The molecule has 0 atom stereocenters. The maximum Gasteiger partial charge on any atom is 0.340 e. The Morgan fingerprint density at radius 1 is 1.25 bits per heavy atom. The van der Waals surface area contributed by atoms with Crippen LogP contribution in [0.15, 0.2) is 24.3 Å². The minimum absolute atomic E-state index is 0.257. The van der Waals surface area contributed by atoms with Gasteiger partial charge in [0.25, 0.3) is 0 Å². The van der Waals surface area contributed by atoms with Crippen LogP contribution < -0.4 is 5.73 Å². The maximum atomic E-state index is 11.5. The van der Waals surface area contributed by atoms with E-state index in [-0.39, 0.29) is 6.61 Å². The normalized spacial score (nSPS) is 10.1. The summed E-state index contributed by atoms with van der Waals surface area (Å²) in [6, 6.07) is 6.84. The molecule has 4 nitrogen and oxygen atoms in total. The van der Waals surface area contributed by atoms with Crippen LogP contribution in [0.5, 0.6) is 0 Å². The number of esters is 1. The molecule has 1 rings (SSSR count). The smallest absolute Gasteiger partial charge is 0.340 e. The second-order valence-corrected chi connectivity index (χ2v) is 3.34. The van der Waals surface area contributed by atoms with Crippen LogP contribution in [0.25, 0.3) is 0 Å². The third-order valence-corrected chi connectivity index (χ3v) is 1.99. The van der Waals surface area contributed by atoms with E-state index in [1.807, 2.05) is 6.92 Å². The van der Waals surface area contributed by atoms with Gasteiger partial charge in [0.1, 0.15) is 6.61 Å². The number of rotatable bonds is 6. The van der Waals surface area contributed by atoms with Crippen LogP contribution in [0.3, 0.4) is 0 Å². The summed E-state index contributed by atoms with van der Waals surface area (Å²) in [4.78, 5) is 11.5. The summed E-state index contributed by atoms with van der Waals surface area (Å²) >= 11 is 0. The van der Waals surface area contributed by atoms with Gasteiger partial charge in [-0.2, -0.15) is 0 Å². The number of anilines is 1. The second-order valence-electron chi connectivity index (χ2n) is 3.34. The van der Waals surface area contributed by atoms with Crippen molar-refractivity contribution in [2.75, 3.05) is 25.6 Å². The average Bonchev–Trinajstić information content (AvgIpc) is 2.29. The third kappa shape index (κ3) is 3.90. The number of carbonyl (C=O) groups is 1. The molecule has 0 bridgehead atoms. The summed E-state index contributed by atoms with van der Waals surface area (Å²) in [6.07, 6.45) is 0.958. The lowest BCUT2D eigenvalue weighted by Gasteiger charge is -2.06. The Kier molecular flexibility index (Phi) is 5.36. The van der Waals surface area contributed by atoms with Gasteiger partial charge in [0, 0.05) is 12.3 Å². The van der Waals surface area contributed by atoms with Crippen LogP contribution in [-0.2, 0) is 9.47 Å². The second kappa shape index (κ2) is 6.85. The van der Waals surface area contributed by atoms with Crippen LogP contribution in [0.4, 0.5) is 5.69 Å². The zero-order valence-corrected chi connectivity index (χ0v) is 9.44. The lowest BCUT2D eigenvalue weighted by molar-refractivity contribution is 0.0319. The highest BCUT2D eigenvalue weighted by Gasteiger charge is 2.09. The SMILES string of the molecule is CCCOCCOC(=O)c1ccccc1N. The monoisotopic (exact) mass is 223 g/mol.